The molecular formula is C15H15N3O2. The van der Waals surface area contributed by atoms with E-state index in [4.69, 9.17) is 8.83 Å². The zero-order valence-electron chi connectivity index (χ0n) is 11.0. The molecule has 2 aromatic heterocycles. The van der Waals surface area contributed by atoms with E-state index in [1.54, 1.807) is 6.26 Å². The van der Waals surface area contributed by atoms with E-state index < -0.39 is 0 Å². The van der Waals surface area contributed by atoms with Crippen LogP contribution >= 0.6 is 0 Å². The van der Waals surface area contributed by atoms with Gasteiger partial charge in [-0.3, -0.25) is 0 Å². The van der Waals surface area contributed by atoms with Gasteiger partial charge in [0, 0.05) is 6.42 Å². The van der Waals surface area contributed by atoms with E-state index in [0.717, 1.165) is 18.6 Å². The Morgan fingerprint density at radius 2 is 1.85 bits per heavy atom. The van der Waals surface area contributed by atoms with E-state index in [1.165, 1.54) is 5.56 Å². The van der Waals surface area contributed by atoms with Crippen LogP contribution in [-0.4, -0.2) is 10.2 Å². The predicted molar refractivity (Wildman–Crippen MR) is 74.2 cm³/mol. The van der Waals surface area contributed by atoms with E-state index in [-0.39, 0.29) is 0 Å². The van der Waals surface area contributed by atoms with Gasteiger partial charge in [0.2, 0.25) is 5.89 Å². The SMILES string of the molecule is c1ccc(CCc2nnc(NCc3ccco3)o2)cc1. The first-order valence-electron chi connectivity index (χ1n) is 6.53. The highest BCUT2D eigenvalue weighted by Crippen LogP contribution is 2.11. The van der Waals surface area contributed by atoms with Crippen LogP contribution in [0.15, 0.2) is 57.6 Å². The minimum atomic E-state index is 0.421. The first kappa shape index (κ1) is 12.5. The van der Waals surface area contributed by atoms with E-state index in [1.807, 2.05) is 30.3 Å². The topological polar surface area (TPSA) is 64.1 Å². The highest BCUT2D eigenvalue weighted by Gasteiger charge is 2.06. The van der Waals surface area contributed by atoms with Crippen molar-refractivity contribution in [2.45, 2.75) is 19.4 Å². The average molecular weight is 269 g/mol. The molecule has 0 amide bonds. The van der Waals surface area contributed by atoms with E-state index >= 15 is 0 Å². The van der Waals surface area contributed by atoms with Crippen LogP contribution in [0.5, 0.6) is 0 Å². The van der Waals surface area contributed by atoms with Crippen molar-refractivity contribution >= 4 is 6.01 Å². The van der Waals surface area contributed by atoms with Crippen molar-refractivity contribution in [3.8, 4) is 0 Å². The van der Waals surface area contributed by atoms with Gasteiger partial charge < -0.3 is 14.2 Å². The number of nitrogens with zero attached hydrogens (tertiary/aromatic N) is 2. The number of anilines is 1. The molecule has 5 heteroatoms. The molecule has 0 aliphatic rings. The van der Waals surface area contributed by atoms with E-state index in [2.05, 4.69) is 27.6 Å². The molecule has 0 saturated heterocycles. The van der Waals surface area contributed by atoms with Gasteiger partial charge in [-0.15, -0.1) is 5.10 Å². The zero-order valence-corrected chi connectivity index (χ0v) is 11.0. The molecule has 0 aliphatic heterocycles. The summed E-state index contributed by atoms with van der Waals surface area (Å²) >= 11 is 0. The molecule has 3 aromatic rings. The van der Waals surface area contributed by atoms with Gasteiger partial charge in [-0.1, -0.05) is 35.4 Å². The molecule has 0 atom stereocenters. The Labute approximate surface area is 116 Å². The van der Waals surface area contributed by atoms with Crippen molar-refractivity contribution in [1.29, 1.82) is 0 Å². The highest BCUT2D eigenvalue weighted by molar-refractivity contribution is 5.19. The lowest BCUT2D eigenvalue weighted by Crippen LogP contribution is -1.97. The van der Waals surface area contributed by atoms with Crippen LogP contribution in [0.1, 0.15) is 17.2 Å². The number of furan rings is 1. The smallest absolute Gasteiger partial charge is 0.315 e. The third-order valence-corrected chi connectivity index (χ3v) is 2.93. The van der Waals surface area contributed by atoms with Gasteiger partial charge in [0.15, 0.2) is 0 Å². The van der Waals surface area contributed by atoms with Gasteiger partial charge in [0.25, 0.3) is 0 Å². The van der Waals surface area contributed by atoms with Crippen molar-refractivity contribution in [2.75, 3.05) is 5.32 Å². The summed E-state index contributed by atoms with van der Waals surface area (Å²) in [6, 6.07) is 14.4. The number of benzene rings is 1. The number of aromatic nitrogens is 2. The van der Waals surface area contributed by atoms with Crippen LogP contribution in [0.2, 0.25) is 0 Å². The summed E-state index contributed by atoms with van der Waals surface area (Å²) in [5.74, 6) is 1.46. The molecule has 0 bridgehead atoms. The molecule has 0 radical (unpaired) electrons. The van der Waals surface area contributed by atoms with Gasteiger partial charge in [0.1, 0.15) is 5.76 Å². The molecule has 20 heavy (non-hydrogen) atoms. The van der Waals surface area contributed by atoms with E-state index in [9.17, 15) is 0 Å². The minimum absolute atomic E-state index is 0.421. The van der Waals surface area contributed by atoms with Crippen LogP contribution < -0.4 is 5.32 Å². The fraction of sp³-hybridized carbons (Fsp3) is 0.200. The Morgan fingerprint density at radius 1 is 0.950 bits per heavy atom. The number of hydrogen-bond acceptors (Lipinski definition) is 5. The Bertz CT molecular complexity index is 632. The lowest BCUT2D eigenvalue weighted by Gasteiger charge is -1.98. The summed E-state index contributed by atoms with van der Waals surface area (Å²) in [5, 5.41) is 11.0. The Hall–Kier alpha value is -2.56. The Morgan fingerprint density at radius 3 is 2.65 bits per heavy atom. The summed E-state index contributed by atoms with van der Waals surface area (Å²) in [6.07, 6.45) is 3.26. The van der Waals surface area contributed by atoms with Crippen LogP contribution in [0.4, 0.5) is 6.01 Å². The second kappa shape index (κ2) is 6.06. The number of aryl methyl sites for hydroxylation is 2. The molecule has 2 heterocycles. The molecule has 3 rings (SSSR count). The summed E-state index contributed by atoms with van der Waals surface area (Å²) in [5.41, 5.74) is 1.26. The standard InChI is InChI=1S/C15H15N3O2/c1-2-5-12(6-3-1)8-9-14-17-18-15(20-14)16-11-13-7-4-10-19-13/h1-7,10H,8-9,11H2,(H,16,18). The summed E-state index contributed by atoms with van der Waals surface area (Å²) in [4.78, 5) is 0. The van der Waals surface area contributed by atoms with Crippen molar-refractivity contribution in [2.24, 2.45) is 0 Å². The maximum absolute atomic E-state index is 5.53. The predicted octanol–water partition coefficient (Wildman–Crippen LogP) is 3.06. The van der Waals surface area contributed by atoms with Gasteiger partial charge in [0.05, 0.1) is 12.8 Å². The van der Waals surface area contributed by atoms with E-state index in [0.29, 0.717) is 18.5 Å². The first-order valence-corrected chi connectivity index (χ1v) is 6.53. The van der Waals surface area contributed by atoms with Gasteiger partial charge in [-0.25, -0.2) is 0 Å². The molecule has 0 unspecified atom stereocenters. The number of rotatable bonds is 6. The molecule has 0 fully saturated rings. The largest absolute Gasteiger partial charge is 0.467 e. The van der Waals surface area contributed by atoms with Crippen LogP contribution in [0.3, 0.4) is 0 Å². The summed E-state index contributed by atoms with van der Waals surface area (Å²) < 4.78 is 10.7. The Balaban J connectivity index is 1.51. The van der Waals surface area contributed by atoms with Crippen molar-refractivity contribution in [3.05, 3.63) is 65.9 Å². The monoisotopic (exact) mass is 269 g/mol. The molecule has 1 N–H and O–H groups in total. The molecular weight excluding hydrogens is 254 g/mol. The molecule has 0 spiro atoms. The Kier molecular flexibility index (Phi) is 3.78. The van der Waals surface area contributed by atoms with Crippen molar-refractivity contribution < 1.29 is 8.83 Å². The average Bonchev–Trinajstić information content (AvgIpc) is 3.16. The first-order chi connectivity index (χ1) is 9.90. The normalized spacial score (nSPS) is 10.6. The second-order valence-corrected chi connectivity index (χ2v) is 4.42. The van der Waals surface area contributed by atoms with Crippen LogP contribution in [-0.2, 0) is 19.4 Å². The molecule has 0 aliphatic carbocycles. The van der Waals surface area contributed by atoms with Crippen molar-refractivity contribution in [3.63, 3.8) is 0 Å². The maximum Gasteiger partial charge on any atom is 0.315 e. The molecule has 102 valence electrons. The summed E-state index contributed by atoms with van der Waals surface area (Å²) in [7, 11) is 0. The zero-order chi connectivity index (χ0) is 13.6. The number of nitrogens with one attached hydrogen (secondary N) is 1. The fourth-order valence-electron chi connectivity index (χ4n) is 1.90. The third-order valence-electron chi connectivity index (χ3n) is 2.93. The quantitative estimate of drug-likeness (QED) is 0.745. The van der Waals surface area contributed by atoms with Crippen molar-refractivity contribution in [1.82, 2.24) is 10.2 Å². The fourth-order valence-corrected chi connectivity index (χ4v) is 1.90. The lowest BCUT2D eigenvalue weighted by molar-refractivity contribution is 0.490. The van der Waals surface area contributed by atoms with Gasteiger partial charge >= 0.3 is 6.01 Å². The lowest BCUT2D eigenvalue weighted by atomic mass is 10.1. The third kappa shape index (κ3) is 3.26. The number of hydrogen-bond donors (Lipinski definition) is 1. The van der Waals surface area contributed by atoms with Crippen LogP contribution in [0.25, 0.3) is 0 Å². The maximum atomic E-state index is 5.53. The van der Waals surface area contributed by atoms with Gasteiger partial charge in [-0.05, 0) is 24.1 Å². The second-order valence-electron chi connectivity index (χ2n) is 4.42. The summed E-state index contributed by atoms with van der Waals surface area (Å²) in [6.45, 7) is 0.535. The molecule has 0 saturated carbocycles. The molecule has 5 nitrogen and oxygen atoms in total. The highest BCUT2D eigenvalue weighted by atomic mass is 16.4. The molecule has 1 aromatic carbocycles. The van der Waals surface area contributed by atoms with Crippen LogP contribution in [0, 0.1) is 0 Å². The minimum Gasteiger partial charge on any atom is -0.467 e. The van der Waals surface area contributed by atoms with Gasteiger partial charge in [-0.2, -0.15) is 0 Å².